The maximum Gasteiger partial charge on any atom is 0.0343 e. The van der Waals surface area contributed by atoms with Crippen LogP contribution in [-0.4, -0.2) is 32.1 Å². The first-order valence-electron chi connectivity index (χ1n) is 5.45. The summed E-state index contributed by atoms with van der Waals surface area (Å²) in [5, 5.41) is 3.18. The van der Waals surface area contributed by atoms with Crippen LogP contribution < -0.4 is 5.32 Å². The summed E-state index contributed by atoms with van der Waals surface area (Å²) < 4.78 is 0. The molecule has 1 aromatic carbocycles. The van der Waals surface area contributed by atoms with Gasteiger partial charge in [0.05, 0.1) is 0 Å². The SMILES string of the molecule is CNc1cccc(C2=CCN(C)CC2)c1. The maximum absolute atomic E-state index is 3.18. The van der Waals surface area contributed by atoms with Gasteiger partial charge in [-0.15, -0.1) is 0 Å². The molecule has 1 N–H and O–H groups in total. The number of likely N-dealkylation sites (N-methyl/N-ethyl adjacent to an activating group) is 1. The van der Waals surface area contributed by atoms with Gasteiger partial charge in [0.2, 0.25) is 0 Å². The van der Waals surface area contributed by atoms with E-state index < -0.39 is 0 Å². The Kier molecular flexibility index (Phi) is 3.07. The molecule has 0 spiro atoms. The molecule has 0 bridgehead atoms. The molecule has 2 heteroatoms. The number of hydrogen-bond acceptors (Lipinski definition) is 2. The predicted octanol–water partition coefficient (Wildman–Crippen LogP) is 2.45. The van der Waals surface area contributed by atoms with Crippen LogP contribution >= 0.6 is 0 Å². The molecule has 1 aliphatic heterocycles. The molecule has 1 aliphatic rings. The standard InChI is InChI=1S/C13H18N2/c1-14-13-5-3-4-12(10-13)11-6-8-15(2)9-7-11/h3-6,10,14H,7-9H2,1-2H3. The van der Waals surface area contributed by atoms with Gasteiger partial charge in [-0.1, -0.05) is 18.2 Å². The van der Waals surface area contributed by atoms with Crippen molar-refractivity contribution in [3.63, 3.8) is 0 Å². The highest BCUT2D eigenvalue weighted by molar-refractivity contribution is 5.69. The first kappa shape index (κ1) is 10.2. The zero-order valence-electron chi connectivity index (χ0n) is 9.46. The van der Waals surface area contributed by atoms with Gasteiger partial charge in [-0.2, -0.15) is 0 Å². The van der Waals surface area contributed by atoms with Crippen molar-refractivity contribution in [2.75, 3.05) is 32.5 Å². The van der Waals surface area contributed by atoms with Crippen LogP contribution in [0.25, 0.3) is 5.57 Å². The molecule has 1 aromatic rings. The minimum Gasteiger partial charge on any atom is -0.388 e. The van der Waals surface area contributed by atoms with Crippen molar-refractivity contribution in [3.05, 3.63) is 35.9 Å². The normalized spacial score (nSPS) is 17.3. The summed E-state index contributed by atoms with van der Waals surface area (Å²) in [7, 11) is 4.12. The third kappa shape index (κ3) is 2.39. The van der Waals surface area contributed by atoms with Crippen LogP contribution in [0.3, 0.4) is 0 Å². The van der Waals surface area contributed by atoms with E-state index in [1.54, 1.807) is 0 Å². The van der Waals surface area contributed by atoms with Crippen LogP contribution in [0, 0.1) is 0 Å². The maximum atomic E-state index is 3.18. The summed E-state index contributed by atoms with van der Waals surface area (Å²) in [5.41, 5.74) is 4.02. The molecule has 0 saturated carbocycles. The van der Waals surface area contributed by atoms with Gasteiger partial charge < -0.3 is 10.2 Å². The Morgan fingerprint density at radius 1 is 1.33 bits per heavy atom. The topological polar surface area (TPSA) is 15.3 Å². The monoisotopic (exact) mass is 202 g/mol. The second kappa shape index (κ2) is 4.49. The van der Waals surface area contributed by atoms with Crippen molar-refractivity contribution in [2.24, 2.45) is 0 Å². The lowest BCUT2D eigenvalue weighted by Crippen LogP contribution is -2.23. The van der Waals surface area contributed by atoms with Crippen molar-refractivity contribution in [2.45, 2.75) is 6.42 Å². The van der Waals surface area contributed by atoms with E-state index in [1.807, 2.05) is 7.05 Å². The molecule has 0 fully saturated rings. The van der Waals surface area contributed by atoms with Crippen LogP contribution in [0.5, 0.6) is 0 Å². The van der Waals surface area contributed by atoms with Crippen molar-refractivity contribution >= 4 is 11.3 Å². The fourth-order valence-corrected chi connectivity index (χ4v) is 1.91. The summed E-state index contributed by atoms with van der Waals surface area (Å²) >= 11 is 0. The lowest BCUT2D eigenvalue weighted by Gasteiger charge is -2.22. The fourth-order valence-electron chi connectivity index (χ4n) is 1.91. The Labute approximate surface area is 91.6 Å². The van der Waals surface area contributed by atoms with Gasteiger partial charge in [0.1, 0.15) is 0 Å². The largest absolute Gasteiger partial charge is 0.388 e. The van der Waals surface area contributed by atoms with Crippen LogP contribution in [0.15, 0.2) is 30.3 Å². The number of anilines is 1. The third-order valence-corrected chi connectivity index (χ3v) is 2.93. The Bertz CT molecular complexity index is 369. The number of nitrogens with zero attached hydrogens (tertiary/aromatic N) is 1. The minimum atomic E-state index is 1.07. The van der Waals surface area contributed by atoms with Gasteiger partial charge in [-0.25, -0.2) is 0 Å². The molecule has 0 atom stereocenters. The number of hydrogen-bond donors (Lipinski definition) is 1. The number of nitrogens with one attached hydrogen (secondary N) is 1. The van der Waals surface area contributed by atoms with Crippen molar-refractivity contribution in [1.82, 2.24) is 4.90 Å². The minimum absolute atomic E-state index is 1.07. The van der Waals surface area contributed by atoms with Crippen molar-refractivity contribution < 1.29 is 0 Å². The van der Waals surface area contributed by atoms with Crippen LogP contribution in [0.1, 0.15) is 12.0 Å². The fraction of sp³-hybridized carbons (Fsp3) is 0.385. The highest BCUT2D eigenvalue weighted by atomic mass is 15.1. The van der Waals surface area contributed by atoms with E-state index in [9.17, 15) is 0 Å². The molecule has 0 aromatic heterocycles. The Morgan fingerprint density at radius 3 is 2.87 bits per heavy atom. The third-order valence-electron chi connectivity index (χ3n) is 2.93. The summed E-state index contributed by atoms with van der Waals surface area (Å²) in [5.74, 6) is 0. The van der Waals surface area contributed by atoms with E-state index in [4.69, 9.17) is 0 Å². The second-order valence-electron chi connectivity index (χ2n) is 4.07. The Balaban J connectivity index is 2.22. The van der Waals surface area contributed by atoms with Crippen LogP contribution in [0.4, 0.5) is 5.69 Å². The first-order chi connectivity index (χ1) is 7.29. The zero-order chi connectivity index (χ0) is 10.7. The van der Waals surface area contributed by atoms with Gasteiger partial charge in [-0.05, 0) is 36.7 Å². The van der Waals surface area contributed by atoms with E-state index in [0.717, 1.165) is 19.5 Å². The van der Waals surface area contributed by atoms with Gasteiger partial charge >= 0.3 is 0 Å². The summed E-state index contributed by atoms with van der Waals surface area (Å²) in [4.78, 5) is 2.34. The summed E-state index contributed by atoms with van der Waals surface area (Å²) in [6, 6.07) is 8.62. The second-order valence-corrected chi connectivity index (χ2v) is 4.07. The van der Waals surface area contributed by atoms with E-state index in [2.05, 4.69) is 47.6 Å². The highest BCUT2D eigenvalue weighted by Crippen LogP contribution is 2.23. The first-order valence-corrected chi connectivity index (χ1v) is 5.45. The molecule has 0 radical (unpaired) electrons. The molecule has 0 saturated heterocycles. The average Bonchev–Trinajstić information content (AvgIpc) is 2.30. The Hall–Kier alpha value is -1.28. The number of benzene rings is 1. The van der Waals surface area contributed by atoms with Gasteiger partial charge in [0, 0.05) is 25.8 Å². The van der Waals surface area contributed by atoms with E-state index >= 15 is 0 Å². The van der Waals surface area contributed by atoms with Gasteiger partial charge in [-0.3, -0.25) is 0 Å². The lowest BCUT2D eigenvalue weighted by molar-refractivity contribution is 0.370. The molecule has 0 amide bonds. The van der Waals surface area contributed by atoms with Crippen molar-refractivity contribution in [1.29, 1.82) is 0 Å². The van der Waals surface area contributed by atoms with Crippen molar-refractivity contribution in [3.8, 4) is 0 Å². The zero-order valence-corrected chi connectivity index (χ0v) is 9.46. The molecule has 0 unspecified atom stereocenters. The molecule has 2 rings (SSSR count). The Morgan fingerprint density at radius 2 is 2.20 bits per heavy atom. The quantitative estimate of drug-likeness (QED) is 0.792. The summed E-state index contributed by atoms with van der Waals surface area (Å²) in [6.07, 6.45) is 3.49. The van der Waals surface area contributed by atoms with Gasteiger partial charge in [0.15, 0.2) is 0 Å². The van der Waals surface area contributed by atoms with E-state index in [1.165, 1.54) is 16.8 Å². The highest BCUT2D eigenvalue weighted by Gasteiger charge is 2.09. The van der Waals surface area contributed by atoms with E-state index in [0.29, 0.717) is 0 Å². The molecular formula is C13H18N2. The molecule has 2 nitrogen and oxygen atoms in total. The van der Waals surface area contributed by atoms with Crippen LogP contribution in [-0.2, 0) is 0 Å². The lowest BCUT2D eigenvalue weighted by atomic mass is 9.99. The van der Waals surface area contributed by atoms with Gasteiger partial charge in [0.25, 0.3) is 0 Å². The average molecular weight is 202 g/mol. The smallest absolute Gasteiger partial charge is 0.0343 e. The predicted molar refractivity (Wildman–Crippen MR) is 66.1 cm³/mol. The number of rotatable bonds is 2. The summed E-state index contributed by atoms with van der Waals surface area (Å²) in [6.45, 7) is 2.23. The molecule has 80 valence electrons. The molecule has 0 aliphatic carbocycles. The van der Waals surface area contributed by atoms with Crippen LogP contribution in [0.2, 0.25) is 0 Å². The molecule has 15 heavy (non-hydrogen) atoms. The molecular weight excluding hydrogens is 184 g/mol. The molecule has 1 heterocycles. The van der Waals surface area contributed by atoms with E-state index in [-0.39, 0.29) is 0 Å².